The van der Waals surface area contributed by atoms with Gasteiger partial charge < -0.3 is 0 Å². The van der Waals surface area contributed by atoms with E-state index in [-0.39, 0.29) is 0 Å². The zero-order valence-electron chi connectivity index (χ0n) is 3.08. The summed E-state index contributed by atoms with van der Waals surface area (Å²) in [6, 6.07) is 0. The van der Waals surface area contributed by atoms with E-state index in [1.807, 2.05) is 4.58 Å². The van der Waals surface area contributed by atoms with Crippen LogP contribution in [0.5, 0.6) is 0 Å². The average Bonchev–Trinajstić information content (AvgIpc) is 1.65. The Labute approximate surface area is 37.3 Å². The van der Waals surface area contributed by atoms with E-state index in [4.69, 9.17) is 4.91 Å². The second kappa shape index (κ2) is 2.92. The van der Waals surface area contributed by atoms with Gasteiger partial charge in [0.25, 0.3) is 0 Å². The molecule has 0 aromatic rings. The Balaban J connectivity index is 3.23. The van der Waals surface area contributed by atoms with Crippen LogP contribution in [0.15, 0.2) is 4.58 Å². The molecule has 0 saturated heterocycles. The average molecular weight is 109 g/mol. The maximum absolute atomic E-state index is 9.59. The summed E-state index contributed by atoms with van der Waals surface area (Å²) in [5.74, 6) is 0. The molecule has 0 aliphatic carbocycles. The predicted octanol–water partition coefficient (Wildman–Crippen LogP) is -0.0221. The lowest BCUT2D eigenvalue weighted by atomic mass is 11.8. The van der Waals surface area contributed by atoms with E-state index in [2.05, 4.69) is 4.18 Å². The summed E-state index contributed by atoms with van der Waals surface area (Å²) in [7, 11) is 1.14. The molecule has 0 spiro atoms. The van der Waals surface area contributed by atoms with Crippen LogP contribution in [0.3, 0.4) is 0 Å². The first kappa shape index (κ1) is 5.71. The van der Waals surface area contributed by atoms with Crippen molar-refractivity contribution in [1.82, 2.24) is 0 Å². The second-order valence-electron chi connectivity index (χ2n) is 0.458. The minimum atomic E-state index is -1.96. The van der Waals surface area contributed by atoms with E-state index in [1.165, 1.54) is 0 Å². The van der Waals surface area contributed by atoms with E-state index in [0.29, 0.717) is 0 Å². The maximum atomic E-state index is 9.59. The highest BCUT2D eigenvalue weighted by Crippen LogP contribution is 1.77. The van der Waals surface area contributed by atoms with Crippen LogP contribution >= 0.6 is 0 Å². The van der Waals surface area contributed by atoms with Gasteiger partial charge in [-0.15, -0.1) is 4.91 Å². The summed E-state index contributed by atoms with van der Waals surface area (Å²) in [6.07, 6.45) is 0. The van der Waals surface area contributed by atoms with E-state index < -0.39 is 11.3 Å². The lowest BCUT2D eigenvalue weighted by molar-refractivity contribution is 0.446. The third kappa shape index (κ3) is 1.98. The Morgan fingerprint density at radius 1 is 1.83 bits per heavy atom. The van der Waals surface area contributed by atoms with Crippen LogP contribution in [0.1, 0.15) is 0 Å². The normalized spacial score (nSPS) is 13.5. The van der Waals surface area contributed by atoms with Gasteiger partial charge in [0.1, 0.15) is 0 Å². The molecule has 0 bridgehead atoms. The molecule has 0 aromatic heterocycles. The van der Waals surface area contributed by atoms with Crippen molar-refractivity contribution in [2.45, 2.75) is 0 Å². The molecule has 4 nitrogen and oxygen atoms in total. The Bertz CT molecular complexity index is 71.2. The molecule has 1 atom stereocenters. The minimum Gasteiger partial charge on any atom is -0.274 e. The van der Waals surface area contributed by atoms with Crippen LogP contribution in [0.2, 0.25) is 0 Å². The van der Waals surface area contributed by atoms with Gasteiger partial charge in [-0.25, -0.2) is 4.21 Å². The molecule has 0 amide bonds. The lowest BCUT2D eigenvalue weighted by Gasteiger charge is -1.75. The summed E-state index contributed by atoms with van der Waals surface area (Å²) in [5.41, 5.74) is 0. The fourth-order valence-electron chi connectivity index (χ4n) is 0.0304. The molecule has 0 saturated carbocycles. The summed E-state index contributed by atoms with van der Waals surface area (Å²) in [4.78, 5) is 9.06. The SMILES string of the molecule is COS(=O)N=O. The van der Waals surface area contributed by atoms with Crippen LogP contribution in [0, 0.1) is 4.91 Å². The quantitative estimate of drug-likeness (QED) is 0.468. The molecule has 36 valence electrons. The molecule has 0 aliphatic heterocycles. The summed E-state index contributed by atoms with van der Waals surface area (Å²) in [5, 5.41) is 0. The van der Waals surface area contributed by atoms with Crippen LogP contribution in [0.25, 0.3) is 0 Å². The van der Waals surface area contributed by atoms with Gasteiger partial charge in [-0.05, 0) is 0 Å². The van der Waals surface area contributed by atoms with Gasteiger partial charge in [0.05, 0.1) is 11.7 Å². The molecule has 0 rings (SSSR count). The first-order chi connectivity index (χ1) is 2.81. The van der Waals surface area contributed by atoms with Crippen LogP contribution in [-0.2, 0) is 15.4 Å². The second-order valence-corrected chi connectivity index (χ2v) is 1.37. The fourth-order valence-corrected chi connectivity index (χ4v) is 0.0913. The molecule has 0 radical (unpaired) electrons. The predicted molar refractivity (Wildman–Crippen MR) is 20.9 cm³/mol. The molecule has 0 aromatic carbocycles. The molecule has 0 heterocycles. The number of hydrogen-bond donors (Lipinski definition) is 0. The van der Waals surface area contributed by atoms with Crippen molar-refractivity contribution in [2.24, 2.45) is 4.58 Å². The van der Waals surface area contributed by atoms with Gasteiger partial charge >= 0.3 is 11.3 Å². The number of rotatable bonds is 2. The van der Waals surface area contributed by atoms with E-state index in [9.17, 15) is 4.21 Å². The highest BCUT2D eigenvalue weighted by atomic mass is 32.2. The van der Waals surface area contributed by atoms with Crippen molar-refractivity contribution in [1.29, 1.82) is 0 Å². The van der Waals surface area contributed by atoms with Crippen molar-refractivity contribution >= 4 is 11.3 Å². The van der Waals surface area contributed by atoms with Gasteiger partial charge in [-0.1, -0.05) is 0 Å². The van der Waals surface area contributed by atoms with Crippen molar-refractivity contribution < 1.29 is 8.39 Å². The summed E-state index contributed by atoms with van der Waals surface area (Å²) >= 11 is -1.96. The van der Waals surface area contributed by atoms with Crippen LogP contribution < -0.4 is 0 Å². The van der Waals surface area contributed by atoms with Gasteiger partial charge in [0.15, 0.2) is 0 Å². The highest BCUT2D eigenvalue weighted by molar-refractivity contribution is 7.78. The van der Waals surface area contributed by atoms with E-state index in [1.54, 1.807) is 0 Å². The summed E-state index contributed by atoms with van der Waals surface area (Å²) in [6.45, 7) is 0. The van der Waals surface area contributed by atoms with Gasteiger partial charge in [0, 0.05) is 0 Å². The summed E-state index contributed by atoms with van der Waals surface area (Å²) < 4.78 is 15.5. The Morgan fingerprint density at radius 2 is 2.33 bits per heavy atom. The Hall–Kier alpha value is -0.290. The van der Waals surface area contributed by atoms with E-state index >= 15 is 0 Å². The third-order valence-electron chi connectivity index (χ3n) is 0.203. The van der Waals surface area contributed by atoms with Crippen molar-refractivity contribution in [3.8, 4) is 0 Å². The van der Waals surface area contributed by atoms with Crippen molar-refractivity contribution in [3.63, 3.8) is 0 Å². The zero-order chi connectivity index (χ0) is 4.99. The highest BCUT2D eigenvalue weighted by Gasteiger charge is 1.86. The standard InChI is InChI=1S/CH3NO3S/c1-5-6(4)2-3/h1H3. The molecular formula is CH3NO3S. The van der Waals surface area contributed by atoms with E-state index in [0.717, 1.165) is 7.11 Å². The first-order valence-electron chi connectivity index (χ1n) is 1.11. The van der Waals surface area contributed by atoms with Crippen LogP contribution in [-0.4, -0.2) is 11.3 Å². The van der Waals surface area contributed by atoms with Crippen LogP contribution in [0.4, 0.5) is 0 Å². The maximum Gasteiger partial charge on any atom is 0.322 e. The fraction of sp³-hybridized carbons (Fsp3) is 1.00. The topological polar surface area (TPSA) is 55.7 Å². The Morgan fingerprint density at radius 3 is 2.33 bits per heavy atom. The largest absolute Gasteiger partial charge is 0.322 e. The smallest absolute Gasteiger partial charge is 0.274 e. The monoisotopic (exact) mass is 109 g/mol. The molecule has 0 N–H and O–H groups in total. The van der Waals surface area contributed by atoms with Crippen molar-refractivity contribution in [2.75, 3.05) is 7.11 Å². The first-order valence-corrected chi connectivity index (χ1v) is 2.14. The number of hydrogen-bond acceptors (Lipinski definition) is 3. The van der Waals surface area contributed by atoms with Gasteiger partial charge in [-0.3, -0.25) is 4.18 Å². The van der Waals surface area contributed by atoms with Gasteiger partial charge in [0.2, 0.25) is 0 Å². The molecular weight excluding hydrogens is 106 g/mol. The Kier molecular flexibility index (Phi) is 2.78. The van der Waals surface area contributed by atoms with Crippen molar-refractivity contribution in [3.05, 3.63) is 4.91 Å². The van der Waals surface area contributed by atoms with Gasteiger partial charge in [-0.2, -0.15) is 0 Å². The number of nitrogens with zero attached hydrogens (tertiary/aromatic N) is 1. The molecule has 1 unspecified atom stereocenters. The zero-order valence-corrected chi connectivity index (χ0v) is 3.90. The molecule has 0 fully saturated rings. The molecule has 6 heavy (non-hydrogen) atoms. The lowest BCUT2D eigenvalue weighted by Crippen LogP contribution is -1.81. The molecule has 0 aliphatic rings. The third-order valence-corrected chi connectivity index (χ3v) is 0.610. The molecule has 5 heteroatoms. The minimum absolute atomic E-state index is 1.14. The number of nitroso groups, excluding NO2 is 1.